The molecule has 5 nitrogen and oxygen atoms in total. The van der Waals surface area contributed by atoms with Crippen molar-refractivity contribution in [1.29, 1.82) is 0 Å². The van der Waals surface area contributed by atoms with E-state index < -0.39 is 0 Å². The average Bonchev–Trinajstić information content (AvgIpc) is 2.95. The second-order valence-electron chi connectivity index (χ2n) is 6.03. The molecule has 0 saturated carbocycles. The lowest BCUT2D eigenvalue weighted by Crippen LogP contribution is -2.49. The smallest absolute Gasteiger partial charge is 0.227 e. The number of ether oxygens (including phenoxy) is 1. The van der Waals surface area contributed by atoms with Gasteiger partial charge in [-0.1, -0.05) is 12.1 Å². The van der Waals surface area contributed by atoms with Crippen molar-refractivity contribution in [3.05, 3.63) is 40.4 Å². The lowest BCUT2D eigenvalue weighted by atomic mass is 10.1. The number of thiazole rings is 1. The molecule has 24 heavy (non-hydrogen) atoms. The van der Waals surface area contributed by atoms with Crippen molar-refractivity contribution in [2.75, 3.05) is 38.2 Å². The Hall–Kier alpha value is -2.08. The SMILES string of the molecule is COc1ccc(CC(=O)N2CCN(c3nc(C)c(C)s3)CC2)cc1. The van der Waals surface area contributed by atoms with Crippen LogP contribution >= 0.6 is 11.3 Å². The van der Waals surface area contributed by atoms with Gasteiger partial charge in [0.25, 0.3) is 0 Å². The minimum Gasteiger partial charge on any atom is -0.497 e. The van der Waals surface area contributed by atoms with Crippen LogP contribution in [0, 0.1) is 13.8 Å². The molecule has 0 atom stereocenters. The van der Waals surface area contributed by atoms with Gasteiger partial charge < -0.3 is 14.5 Å². The Bertz CT molecular complexity index is 684. The fourth-order valence-electron chi connectivity index (χ4n) is 2.77. The number of carbonyl (C=O) groups excluding carboxylic acids is 1. The maximum Gasteiger partial charge on any atom is 0.227 e. The first kappa shape index (κ1) is 16.8. The number of aromatic nitrogens is 1. The molecule has 2 aromatic rings. The third kappa shape index (κ3) is 3.70. The van der Waals surface area contributed by atoms with Crippen LogP contribution in [0.15, 0.2) is 24.3 Å². The number of methoxy groups -OCH3 is 1. The summed E-state index contributed by atoms with van der Waals surface area (Å²) in [5, 5.41) is 1.08. The summed E-state index contributed by atoms with van der Waals surface area (Å²) in [7, 11) is 1.64. The van der Waals surface area contributed by atoms with Gasteiger partial charge >= 0.3 is 0 Å². The van der Waals surface area contributed by atoms with Crippen LogP contribution in [0.3, 0.4) is 0 Å². The highest BCUT2D eigenvalue weighted by Crippen LogP contribution is 2.26. The molecule has 1 saturated heterocycles. The number of piperazine rings is 1. The van der Waals surface area contributed by atoms with E-state index in [9.17, 15) is 4.79 Å². The summed E-state index contributed by atoms with van der Waals surface area (Å²) in [5.74, 6) is 1.00. The number of benzene rings is 1. The zero-order chi connectivity index (χ0) is 17.1. The Kier molecular flexibility index (Phi) is 5.04. The van der Waals surface area contributed by atoms with E-state index in [-0.39, 0.29) is 5.91 Å². The Balaban J connectivity index is 1.54. The van der Waals surface area contributed by atoms with Crippen LogP contribution in [0.25, 0.3) is 0 Å². The van der Waals surface area contributed by atoms with Crippen molar-refractivity contribution in [2.45, 2.75) is 20.3 Å². The van der Waals surface area contributed by atoms with Gasteiger partial charge in [0.05, 0.1) is 19.2 Å². The van der Waals surface area contributed by atoms with Crippen LogP contribution in [0.4, 0.5) is 5.13 Å². The molecular weight excluding hydrogens is 322 g/mol. The predicted molar refractivity (Wildman–Crippen MR) is 97.1 cm³/mol. The molecule has 3 rings (SSSR count). The van der Waals surface area contributed by atoms with Gasteiger partial charge in [-0.05, 0) is 31.5 Å². The molecule has 0 unspecified atom stereocenters. The van der Waals surface area contributed by atoms with Gasteiger partial charge in [-0.25, -0.2) is 4.98 Å². The number of carbonyl (C=O) groups is 1. The van der Waals surface area contributed by atoms with Crippen LogP contribution in [-0.2, 0) is 11.2 Å². The zero-order valence-corrected chi connectivity index (χ0v) is 15.2. The highest BCUT2D eigenvalue weighted by molar-refractivity contribution is 7.15. The fourth-order valence-corrected chi connectivity index (χ4v) is 3.73. The molecule has 0 N–H and O–H groups in total. The van der Waals surface area contributed by atoms with Crippen molar-refractivity contribution >= 4 is 22.4 Å². The number of hydrogen-bond donors (Lipinski definition) is 0. The first-order chi connectivity index (χ1) is 11.6. The Morgan fingerprint density at radius 3 is 2.38 bits per heavy atom. The van der Waals surface area contributed by atoms with Crippen LogP contribution in [-0.4, -0.2) is 49.1 Å². The molecule has 1 aromatic carbocycles. The molecular formula is C18H23N3O2S. The molecule has 0 radical (unpaired) electrons. The van der Waals surface area contributed by atoms with Crippen molar-refractivity contribution < 1.29 is 9.53 Å². The minimum atomic E-state index is 0.186. The summed E-state index contributed by atoms with van der Waals surface area (Å²) >= 11 is 1.74. The molecule has 1 aliphatic heterocycles. The Morgan fingerprint density at radius 2 is 1.83 bits per heavy atom. The van der Waals surface area contributed by atoms with Gasteiger partial charge in [-0.2, -0.15) is 0 Å². The van der Waals surface area contributed by atoms with E-state index in [1.807, 2.05) is 36.1 Å². The van der Waals surface area contributed by atoms with Crippen LogP contribution in [0.2, 0.25) is 0 Å². The number of aryl methyl sites for hydroxylation is 2. The third-order valence-corrected chi connectivity index (χ3v) is 5.57. The predicted octanol–water partition coefficient (Wildman–Crippen LogP) is 2.66. The first-order valence-electron chi connectivity index (χ1n) is 8.16. The van der Waals surface area contributed by atoms with Gasteiger partial charge in [0.1, 0.15) is 5.75 Å². The molecule has 128 valence electrons. The molecule has 6 heteroatoms. The highest BCUT2D eigenvalue weighted by atomic mass is 32.1. The molecule has 1 aromatic heterocycles. The normalized spacial score (nSPS) is 14.8. The summed E-state index contributed by atoms with van der Waals surface area (Å²) in [4.78, 5) is 22.6. The standard InChI is InChI=1S/C18H23N3O2S/c1-13-14(2)24-18(19-13)21-10-8-20(9-11-21)17(22)12-15-4-6-16(23-3)7-5-15/h4-7H,8-12H2,1-3H3. The largest absolute Gasteiger partial charge is 0.497 e. The van der Waals surface area contributed by atoms with Crippen molar-refractivity contribution in [1.82, 2.24) is 9.88 Å². The topological polar surface area (TPSA) is 45.7 Å². The summed E-state index contributed by atoms with van der Waals surface area (Å²) in [6.07, 6.45) is 0.444. The van der Waals surface area contributed by atoms with E-state index in [4.69, 9.17) is 4.74 Å². The second kappa shape index (κ2) is 7.21. The Morgan fingerprint density at radius 1 is 1.17 bits per heavy atom. The zero-order valence-electron chi connectivity index (χ0n) is 14.4. The molecule has 1 aliphatic rings. The van der Waals surface area contributed by atoms with Gasteiger partial charge in [0.2, 0.25) is 5.91 Å². The van der Waals surface area contributed by atoms with E-state index in [0.717, 1.165) is 48.3 Å². The van der Waals surface area contributed by atoms with E-state index in [2.05, 4.69) is 16.8 Å². The molecule has 1 amide bonds. The molecule has 2 heterocycles. The van der Waals surface area contributed by atoms with Crippen LogP contribution in [0.5, 0.6) is 5.75 Å². The number of nitrogens with zero attached hydrogens (tertiary/aromatic N) is 3. The van der Waals surface area contributed by atoms with Gasteiger partial charge in [0, 0.05) is 31.1 Å². The van der Waals surface area contributed by atoms with Gasteiger partial charge in [-0.3, -0.25) is 4.79 Å². The summed E-state index contributed by atoms with van der Waals surface area (Å²) < 4.78 is 5.15. The maximum absolute atomic E-state index is 12.5. The van der Waals surface area contributed by atoms with Crippen molar-refractivity contribution in [3.8, 4) is 5.75 Å². The number of rotatable bonds is 4. The quantitative estimate of drug-likeness (QED) is 0.855. The molecule has 1 fully saturated rings. The van der Waals surface area contributed by atoms with Gasteiger partial charge in [-0.15, -0.1) is 11.3 Å². The van der Waals surface area contributed by atoms with E-state index in [0.29, 0.717) is 6.42 Å². The summed E-state index contributed by atoms with van der Waals surface area (Å²) in [6.45, 7) is 7.36. The number of amides is 1. The third-order valence-electron chi connectivity index (χ3n) is 4.43. The van der Waals surface area contributed by atoms with E-state index in [1.165, 1.54) is 4.88 Å². The van der Waals surface area contributed by atoms with E-state index >= 15 is 0 Å². The second-order valence-corrected chi connectivity index (χ2v) is 7.21. The summed E-state index contributed by atoms with van der Waals surface area (Å²) in [5.41, 5.74) is 2.13. The van der Waals surface area contributed by atoms with Gasteiger partial charge in [0.15, 0.2) is 5.13 Å². The molecule has 0 bridgehead atoms. The van der Waals surface area contributed by atoms with Crippen molar-refractivity contribution in [2.24, 2.45) is 0 Å². The monoisotopic (exact) mass is 345 g/mol. The lowest BCUT2D eigenvalue weighted by Gasteiger charge is -2.34. The minimum absolute atomic E-state index is 0.186. The van der Waals surface area contributed by atoms with Crippen molar-refractivity contribution in [3.63, 3.8) is 0 Å². The average molecular weight is 345 g/mol. The lowest BCUT2D eigenvalue weighted by molar-refractivity contribution is -0.130. The fraction of sp³-hybridized carbons (Fsp3) is 0.444. The summed E-state index contributed by atoms with van der Waals surface area (Å²) in [6, 6.07) is 7.70. The first-order valence-corrected chi connectivity index (χ1v) is 8.98. The van der Waals surface area contributed by atoms with Crippen LogP contribution in [0.1, 0.15) is 16.1 Å². The maximum atomic E-state index is 12.5. The molecule has 0 spiro atoms. The van der Waals surface area contributed by atoms with Crippen LogP contribution < -0.4 is 9.64 Å². The Labute approximate surface area is 146 Å². The van der Waals surface area contributed by atoms with E-state index in [1.54, 1.807) is 18.4 Å². The number of hydrogen-bond acceptors (Lipinski definition) is 5. The number of anilines is 1. The highest BCUT2D eigenvalue weighted by Gasteiger charge is 2.23. The molecule has 0 aliphatic carbocycles.